The third-order valence-corrected chi connectivity index (χ3v) is 5.18. The van der Waals surface area contributed by atoms with E-state index in [0.29, 0.717) is 0 Å². The van der Waals surface area contributed by atoms with Crippen molar-refractivity contribution in [1.29, 1.82) is 0 Å². The number of esters is 1. The van der Waals surface area contributed by atoms with Crippen molar-refractivity contribution in [3.63, 3.8) is 0 Å². The van der Waals surface area contributed by atoms with E-state index in [-0.39, 0.29) is 32.7 Å². The Balaban J connectivity index is 2.82. The van der Waals surface area contributed by atoms with Crippen LogP contribution in [0.3, 0.4) is 0 Å². The number of nitrogens with zero attached hydrogens (tertiary/aromatic N) is 2. The first kappa shape index (κ1) is 17.8. The lowest BCUT2D eigenvalue weighted by atomic mass is 10.2. The number of morpholine rings is 1. The fraction of sp³-hybridized carbons (Fsp3) is 0.818. The Morgan fingerprint density at radius 2 is 2.14 bits per heavy atom. The number of carbonyl (C=O) groups excluding carboxylic acids is 2. The average molecular weight is 323 g/mol. The molecule has 0 aromatic heterocycles. The number of methoxy groups -OCH3 is 1. The van der Waals surface area contributed by atoms with Crippen molar-refractivity contribution >= 4 is 22.1 Å². The van der Waals surface area contributed by atoms with Crippen LogP contribution < -0.4 is 5.32 Å². The number of hydrogen-bond acceptors (Lipinski definition) is 6. The molecule has 10 heteroatoms. The third-order valence-electron chi connectivity index (χ3n) is 3.18. The number of rotatable bonds is 6. The van der Waals surface area contributed by atoms with Crippen LogP contribution in [0.4, 0.5) is 0 Å². The summed E-state index contributed by atoms with van der Waals surface area (Å²) in [6, 6.07) is -0.908. The number of ether oxygens (including phenoxy) is 2. The maximum Gasteiger partial charge on any atom is 0.306 e. The van der Waals surface area contributed by atoms with Gasteiger partial charge in [-0.15, -0.1) is 0 Å². The number of nitrogens with one attached hydrogen (secondary N) is 1. The summed E-state index contributed by atoms with van der Waals surface area (Å²) in [4.78, 5) is 22.9. The Morgan fingerprint density at radius 1 is 1.48 bits per heavy atom. The fourth-order valence-electron chi connectivity index (χ4n) is 1.88. The lowest BCUT2D eigenvalue weighted by molar-refractivity contribution is -0.140. The van der Waals surface area contributed by atoms with Crippen LogP contribution in [0.2, 0.25) is 0 Å². The van der Waals surface area contributed by atoms with E-state index < -0.39 is 28.1 Å². The Hall–Kier alpha value is -1.23. The molecular formula is C11H21N3O6S. The molecule has 0 aromatic carbocycles. The lowest BCUT2D eigenvalue weighted by Crippen LogP contribution is -2.58. The Labute approximate surface area is 124 Å². The van der Waals surface area contributed by atoms with Gasteiger partial charge in [0.15, 0.2) is 0 Å². The van der Waals surface area contributed by atoms with Gasteiger partial charge in [0.1, 0.15) is 6.04 Å². The summed E-state index contributed by atoms with van der Waals surface area (Å²) in [5, 5.41) is 2.42. The number of hydrogen-bond donors (Lipinski definition) is 1. The molecule has 0 spiro atoms. The van der Waals surface area contributed by atoms with Crippen LogP contribution in [0.15, 0.2) is 0 Å². The van der Waals surface area contributed by atoms with Gasteiger partial charge >= 0.3 is 5.97 Å². The van der Waals surface area contributed by atoms with Crippen LogP contribution >= 0.6 is 0 Å². The smallest absolute Gasteiger partial charge is 0.306 e. The van der Waals surface area contributed by atoms with Gasteiger partial charge in [0, 0.05) is 27.2 Å². The fourth-order valence-corrected chi connectivity index (χ4v) is 3.35. The maximum atomic E-state index is 12.5. The van der Waals surface area contributed by atoms with E-state index in [2.05, 4.69) is 10.1 Å². The second-order valence-electron chi connectivity index (χ2n) is 4.47. The van der Waals surface area contributed by atoms with Gasteiger partial charge in [-0.05, 0) is 0 Å². The minimum absolute atomic E-state index is 0.00372. The average Bonchev–Trinajstić information content (AvgIpc) is 2.51. The molecule has 0 saturated carbocycles. The molecule has 1 saturated heterocycles. The van der Waals surface area contributed by atoms with Crippen molar-refractivity contribution in [3.8, 4) is 0 Å². The quantitative estimate of drug-likeness (QED) is 0.577. The van der Waals surface area contributed by atoms with Crippen molar-refractivity contribution in [3.05, 3.63) is 0 Å². The molecule has 1 rings (SSSR count). The highest BCUT2D eigenvalue weighted by Crippen LogP contribution is 2.16. The zero-order valence-electron chi connectivity index (χ0n) is 12.4. The van der Waals surface area contributed by atoms with Crippen molar-refractivity contribution in [2.75, 3.05) is 47.5 Å². The second kappa shape index (κ2) is 7.69. The maximum absolute atomic E-state index is 12.5. The molecular weight excluding hydrogens is 302 g/mol. The van der Waals surface area contributed by atoms with Crippen LogP contribution in [0, 0.1) is 0 Å². The molecule has 1 heterocycles. The minimum atomic E-state index is -3.85. The van der Waals surface area contributed by atoms with Crippen molar-refractivity contribution in [2.24, 2.45) is 0 Å². The standard InChI is InChI=1S/C11H21N3O6S/c1-12-11(16)9-8-20-7-6-14(9)21(17,18)13(2)5-4-10(15)19-3/h9H,4-8H2,1-3H3,(H,12,16). The normalized spacial score (nSPS) is 20.3. The highest BCUT2D eigenvalue weighted by molar-refractivity contribution is 7.86. The molecule has 1 amide bonds. The molecule has 1 N–H and O–H groups in total. The van der Waals surface area contributed by atoms with Gasteiger partial charge in [-0.3, -0.25) is 9.59 Å². The van der Waals surface area contributed by atoms with Crippen LogP contribution in [-0.4, -0.2) is 82.5 Å². The van der Waals surface area contributed by atoms with E-state index in [9.17, 15) is 18.0 Å². The van der Waals surface area contributed by atoms with Gasteiger partial charge in [-0.2, -0.15) is 17.0 Å². The van der Waals surface area contributed by atoms with E-state index >= 15 is 0 Å². The number of carbonyl (C=O) groups is 2. The summed E-state index contributed by atoms with van der Waals surface area (Å²) in [6.07, 6.45) is -0.0544. The third kappa shape index (κ3) is 4.37. The minimum Gasteiger partial charge on any atom is -0.469 e. The molecule has 0 radical (unpaired) electrons. The summed E-state index contributed by atoms with van der Waals surface area (Å²) in [5.74, 6) is -0.929. The monoisotopic (exact) mass is 323 g/mol. The first-order valence-electron chi connectivity index (χ1n) is 6.43. The van der Waals surface area contributed by atoms with E-state index in [1.165, 1.54) is 21.2 Å². The van der Waals surface area contributed by atoms with Gasteiger partial charge in [-0.1, -0.05) is 0 Å². The molecule has 9 nitrogen and oxygen atoms in total. The Morgan fingerprint density at radius 3 is 2.71 bits per heavy atom. The molecule has 1 fully saturated rings. The summed E-state index contributed by atoms with van der Waals surface area (Å²) in [7, 11) is 0.173. The Bertz CT molecular complexity index is 480. The molecule has 1 aliphatic rings. The zero-order valence-corrected chi connectivity index (χ0v) is 13.2. The topological polar surface area (TPSA) is 105 Å². The van der Waals surface area contributed by atoms with E-state index in [4.69, 9.17) is 4.74 Å². The predicted octanol–water partition coefficient (Wildman–Crippen LogP) is -1.83. The molecule has 0 aliphatic carbocycles. The van der Waals surface area contributed by atoms with E-state index in [0.717, 1.165) is 8.61 Å². The lowest BCUT2D eigenvalue weighted by Gasteiger charge is -2.35. The summed E-state index contributed by atoms with van der Waals surface area (Å²) < 4.78 is 36.7. The SMILES string of the molecule is CNC(=O)C1COCCN1S(=O)(=O)N(C)CCC(=O)OC. The van der Waals surface area contributed by atoms with Crippen LogP contribution in [0.1, 0.15) is 6.42 Å². The first-order valence-corrected chi connectivity index (χ1v) is 7.83. The largest absolute Gasteiger partial charge is 0.469 e. The predicted molar refractivity (Wildman–Crippen MR) is 73.6 cm³/mol. The van der Waals surface area contributed by atoms with Gasteiger partial charge in [0.05, 0.1) is 26.7 Å². The van der Waals surface area contributed by atoms with Crippen LogP contribution in [0.25, 0.3) is 0 Å². The molecule has 1 unspecified atom stereocenters. The Kier molecular flexibility index (Phi) is 6.52. The highest BCUT2D eigenvalue weighted by Gasteiger charge is 2.39. The second-order valence-corrected chi connectivity index (χ2v) is 6.46. The first-order chi connectivity index (χ1) is 9.84. The molecule has 21 heavy (non-hydrogen) atoms. The van der Waals surface area contributed by atoms with Gasteiger partial charge in [0.25, 0.3) is 10.2 Å². The van der Waals surface area contributed by atoms with Crippen molar-refractivity contribution in [2.45, 2.75) is 12.5 Å². The molecule has 0 bridgehead atoms. The van der Waals surface area contributed by atoms with Crippen LogP contribution in [0.5, 0.6) is 0 Å². The van der Waals surface area contributed by atoms with Gasteiger partial charge < -0.3 is 14.8 Å². The van der Waals surface area contributed by atoms with Gasteiger partial charge in [0.2, 0.25) is 5.91 Å². The highest BCUT2D eigenvalue weighted by atomic mass is 32.2. The molecule has 0 aromatic rings. The van der Waals surface area contributed by atoms with Crippen molar-refractivity contribution in [1.82, 2.24) is 13.9 Å². The van der Waals surface area contributed by atoms with E-state index in [1.807, 2.05) is 0 Å². The number of likely N-dealkylation sites (N-methyl/N-ethyl adjacent to an activating group) is 1. The summed E-state index contributed by atoms with van der Waals surface area (Å²) in [5.41, 5.74) is 0. The molecule has 122 valence electrons. The molecule has 1 aliphatic heterocycles. The summed E-state index contributed by atoms with van der Waals surface area (Å²) >= 11 is 0. The zero-order chi connectivity index (χ0) is 16.0. The van der Waals surface area contributed by atoms with Crippen molar-refractivity contribution < 1.29 is 27.5 Å². The van der Waals surface area contributed by atoms with Crippen LogP contribution in [-0.2, 0) is 29.3 Å². The van der Waals surface area contributed by atoms with Gasteiger partial charge in [-0.25, -0.2) is 0 Å². The molecule has 1 atom stereocenters. The number of amides is 1. The summed E-state index contributed by atoms with van der Waals surface area (Å²) in [6.45, 7) is 0.289. The van der Waals surface area contributed by atoms with E-state index in [1.54, 1.807) is 0 Å².